The molecule has 2 aromatic rings. The number of aromatic hydroxyl groups is 1. The Bertz CT molecular complexity index is 927. The van der Waals surface area contributed by atoms with Gasteiger partial charge >= 0.3 is 0 Å². The number of benzene rings is 2. The molecule has 1 fully saturated rings. The third-order valence-corrected chi connectivity index (χ3v) is 4.79. The molecule has 1 aliphatic rings. The highest BCUT2D eigenvalue weighted by atomic mass is 79.9. The molecule has 5 nitrogen and oxygen atoms in total. The number of nitrogens with zero attached hydrogens (tertiary/aromatic N) is 1. The van der Waals surface area contributed by atoms with Crippen molar-refractivity contribution in [3.8, 4) is 11.5 Å². The Morgan fingerprint density at radius 3 is 2.77 bits per heavy atom. The fourth-order valence-corrected chi connectivity index (χ4v) is 3.43. The number of halogens is 1. The van der Waals surface area contributed by atoms with Crippen LogP contribution in [0.1, 0.15) is 18.1 Å². The van der Waals surface area contributed by atoms with E-state index >= 15 is 0 Å². The van der Waals surface area contributed by atoms with Crippen molar-refractivity contribution in [1.29, 1.82) is 0 Å². The largest absolute Gasteiger partial charge is 0.503 e. The third kappa shape index (κ3) is 3.45. The molecule has 1 saturated heterocycles. The van der Waals surface area contributed by atoms with Crippen LogP contribution in [0.5, 0.6) is 11.5 Å². The average molecular weight is 433 g/mol. The quantitative estimate of drug-likeness (QED) is 0.561. The second-order valence-corrected chi connectivity index (χ2v) is 6.94. The summed E-state index contributed by atoms with van der Waals surface area (Å²) in [5.74, 6) is 0.140. The summed E-state index contributed by atoms with van der Waals surface area (Å²) in [7, 11) is 0. The highest BCUT2D eigenvalue weighted by molar-refractivity contribution is 9.10. The Hall–Kier alpha value is -2.38. The summed E-state index contributed by atoms with van der Waals surface area (Å²) < 4.78 is 5.91. The number of phenols is 1. The number of hydrogen-bond donors (Lipinski definition) is 2. The molecule has 134 valence electrons. The lowest BCUT2D eigenvalue weighted by molar-refractivity contribution is -0.113. The maximum absolute atomic E-state index is 12.9. The van der Waals surface area contributed by atoms with Crippen LogP contribution in [-0.4, -0.2) is 22.7 Å². The summed E-state index contributed by atoms with van der Waals surface area (Å²) in [6.45, 7) is 4.18. The molecule has 0 bridgehead atoms. The number of thiocarbonyl (C=S) groups is 1. The van der Waals surface area contributed by atoms with E-state index in [1.54, 1.807) is 18.2 Å². The average Bonchev–Trinajstić information content (AvgIpc) is 2.87. The SMILES string of the molecule is CCOc1cc(/C=C2/NC(=S)N(c3ccccc3C)C2=O)cc(Br)c1O. The van der Waals surface area contributed by atoms with Crippen LogP contribution in [0.25, 0.3) is 6.08 Å². The summed E-state index contributed by atoms with van der Waals surface area (Å²) in [5, 5.41) is 13.3. The smallest absolute Gasteiger partial charge is 0.281 e. The molecule has 7 heteroatoms. The van der Waals surface area contributed by atoms with Crippen LogP contribution in [-0.2, 0) is 4.79 Å². The minimum atomic E-state index is -0.230. The molecule has 26 heavy (non-hydrogen) atoms. The summed E-state index contributed by atoms with van der Waals surface area (Å²) in [6.07, 6.45) is 1.68. The summed E-state index contributed by atoms with van der Waals surface area (Å²) in [4.78, 5) is 14.3. The van der Waals surface area contributed by atoms with Crippen LogP contribution in [0.2, 0.25) is 0 Å². The van der Waals surface area contributed by atoms with Gasteiger partial charge in [0.2, 0.25) is 0 Å². The molecular weight excluding hydrogens is 416 g/mol. The Kier molecular flexibility index (Phi) is 5.29. The molecular formula is C19H17BrN2O3S. The summed E-state index contributed by atoms with van der Waals surface area (Å²) >= 11 is 8.65. The number of ether oxygens (including phenoxy) is 1. The number of carbonyl (C=O) groups excluding carboxylic acids is 1. The van der Waals surface area contributed by atoms with Gasteiger partial charge in [0.15, 0.2) is 16.6 Å². The zero-order chi connectivity index (χ0) is 18.8. The lowest BCUT2D eigenvalue weighted by atomic mass is 10.1. The molecule has 0 aromatic heterocycles. The number of phenolic OH excluding ortho intramolecular Hbond substituents is 1. The highest BCUT2D eigenvalue weighted by Crippen LogP contribution is 2.36. The Morgan fingerprint density at radius 1 is 1.35 bits per heavy atom. The molecule has 2 aromatic carbocycles. The third-order valence-electron chi connectivity index (χ3n) is 3.90. The van der Waals surface area contributed by atoms with Crippen LogP contribution >= 0.6 is 28.1 Å². The number of para-hydroxylation sites is 1. The maximum atomic E-state index is 12.9. The molecule has 1 heterocycles. The van der Waals surface area contributed by atoms with Gasteiger partial charge < -0.3 is 15.2 Å². The summed E-state index contributed by atoms with van der Waals surface area (Å²) in [6, 6.07) is 10.9. The van der Waals surface area contributed by atoms with Crippen molar-refractivity contribution in [3.63, 3.8) is 0 Å². The zero-order valence-electron chi connectivity index (χ0n) is 14.2. The predicted molar refractivity (Wildman–Crippen MR) is 109 cm³/mol. The van der Waals surface area contributed by atoms with Crippen molar-refractivity contribution in [2.45, 2.75) is 13.8 Å². The topological polar surface area (TPSA) is 61.8 Å². The molecule has 2 N–H and O–H groups in total. The lowest BCUT2D eigenvalue weighted by Crippen LogP contribution is -2.30. The van der Waals surface area contributed by atoms with E-state index in [2.05, 4.69) is 21.2 Å². The highest BCUT2D eigenvalue weighted by Gasteiger charge is 2.32. The molecule has 0 saturated carbocycles. The second kappa shape index (κ2) is 7.47. The minimum absolute atomic E-state index is 0.0248. The van der Waals surface area contributed by atoms with Crippen molar-refractivity contribution in [1.82, 2.24) is 5.32 Å². The van der Waals surface area contributed by atoms with Crippen LogP contribution in [0.15, 0.2) is 46.6 Å². The zero-order valence-corrected chi connectivity index (χ0v) is 16.6. The predicted octanol–water partition coefficient (Wildman–Crippen LogP) is 4.12. The van der Waals surface area contributed by atoms with Gasteiger partial charge in [-0.2, -0.15) is 0 Å². The van der Waals surface area contributed by atoms with Crippen molar-refractivity contribution >= 4 is 50.9 Å². The first-order chi connectivity index (χ1) is 12.4. The van der Waals surface area contributed by atoms with E-state index in [1.807, 2.05) is 38.1 Å². The first kappa shape index (κ1) is 18.4. The van der Waals surface area contributed by atoms with E-state index in [0.29, 0.717) is 33.2 Å². The van der Waals surface area contributed by atoms with Crippen molar-refractivity contribution < 1.29 is 14.6 Å². The van der Waals surface area contributed by atoms with Crippen LogP contribution in [0.3, 0.4) is 0 Å². The van der Waals surface area contributed by atoms with Gasteiger partial charge in [-0.1, -0.05) is 18.2 Å². The van der Waals surface area contributed by atoms with E-state index in [9.17, 15) is 9.90 Å². The molecule has 1 amide bonds. The maximum Gasteiger partial charge on any atom is 0.281 e. The van der Waals surface area contributed by atoms with Gasteiger partial charge in [0.25, 0.3) is 5.91 Å². The molecule has 1 aliphatic heterocycles. The Balaban J connectivity index is 1.97. The fourth-order valence-electron chi connectivity index (χ4n) is 2.68. The van der Waals surface area contributed by atoms with Crippen molar-refractivity contribution in [2.24, 2.45) is 0 Å². The van der Waals surface area contributed by atoms with Crippen molar-refractivity contribution in [3.05, 3.63) is 57.7 Å². The van der Waals surface area contributed by atoms with Gasteiger partial charge in [0, 0.05) is 0 Å². The Morgan fingerprint density at radius 2 is 2.08 bits per heavy atom. The molecule has 0 unspecified atom stereocenters. The van der Waals surface area contributed by atoms with Crippen LogP contribution < -0.4 is 15.0 Å². The van der Waals surface area contributed by atoms with Crippen LogP contribution in [0.4, 0.5) is 5.69 Å². The fraction of sp³-hybridized carbons (Fsp3) is 0.158. The number of hydrogen-bond acceptors (Lipinski definition) is 4. The molecule has 0 atom stereocenters. The molecule has 0 radical (unpaired) electrons. The first-order valence-electron chi connectivity index (χ1n) is 8.00. The lowest BCUT2D eigenvalue weighted by Gasteiger charge is -2.16. The van der Waals surface area contributed by atoms with Gasteiger partial charge in [0.1, 0.15) is 5.70 Å². The van der Waals surface area contributed by atoms with E-state index in [0.717, 1.165) is 11.3 Å². The number of amides is 1. The van der Waals surface area contributed by atoms with E-state index in [-0.39, 0.29) is 11.7 Å². The van der Waals surface area contributed by atoms with Gasteiger partial charge in [-0.25, -0.2) is 0 Å². The van der Waals surface area contributed by atoms with Crippen LogP contribution in [0, 0.1) is 6.92 Å². The molecule has 0 aliphatic carbocycles. The van der Waals surface area contributed by atoms with Gasteiger partial charge in [-0.15, -0.1) is 0 Å². The van der Waals surface area contributed by atoms with Gasteiger partial charge in [0.05, 0.1) is 16.8 Å². The number of rotatable bonds is 4. The van der Waals surface area contributed by atoms with E-state index in [1.165, 1.54) is 4.90 Å². The van der Waals surface area contributed by atoms with E-state index in [4.69, 9.17) is 17.0 Å². The number of carbonyl (C=O) groups is 1. The standard InChI is InChI=1S/C19H17BrN2O3S/c1-3-25-16-10-12(8-13(20)17(16)23)9-14-18(24)22(19(26)21-14)15-7-5-4-6-11(15)2/h4-10,23H,3H2,1-2H3,(H,21,26)/b14-9+. The number of anilines is 1. The van der Waals surface area contributed by atoms with Gasteiger partial charge in [-0.05, 0) is 77.4 Å². The molecule has 0 spiro atoms. The minimum Gasteiger partial charge on any atom is -0.503 e. The normalized spacial score (nSPS) is 15.5. The number of aryl methyl sites for hydroxylation is 1. The Labute approximate surface area is 165 Å². The monoisotopic (exact) mass is 432 g/mol. The number of nitrogens with one attached hydrogen (secondary N) is 1. The second-order valence-electron chi connectivity index (χ2n) is 5.70. The van der Waals surface area contributed by atoms with Gasteiger partial charge in [-0.3, -0.25) is 9.69 Å². The summed E-state index contributed by atoms with van der Waals surface area (Å²) in [5.41, 5.74) is 2.76. The first-order valence-corrected chi connectivity index (χ1v) is 9.20. The van der Waals surface area contributed by atoms with Crippen molar-refractivity contribution in [2.75, 3.05) is 11.5 Å². The molecule has 3 rings (SSSR count). The van der Waals surface area contributed by atoms with E-state index < -0.39 is 0 Å².